The van der Waals surface area contributed by atoms with Gasteiger partial charge in [-0.05, 0) is 42.7 Å². The molecule has 0 radical (unpaired) electrons. The Labute approximate surface area is 167 Å². The molecule has 1 aliphatic rings. The van der Waals surface area contributed by atoms with Crippen LogP contribution in [0.15, 0.2) is 48.5 Å². The van der Waals surface area contributed by atoms with Crippen molar-refractivity contribution in [1.29, 1.82) is 5.26 Å². The van der Waals surface area contributed by atoms with Crippen molar-refractivity contribution >= 4 is 11.7 Å². The quantitative estimate of drug-likeness (QED) is 0.742. The van der Waals surface area contributed by atoms with Crippen LogP contribution < -0.4 is 4.74 Å². The number of alkyl halides is 2. The van der Waals surface area contributed by atoms with Crippen molar-refractivity contribution in [3.63, 3.8) is 0 Å². The number of nitrogens with zero attached hydrogens (tertiary/aromatic N) is 2. The average Bonchev–Trinajstić information content (AvgIpc) is 2.74. The van der Waals surface area contributed by atoms with Crippen LogP contribution >= 0.6 is 0 Å². The number of nitriles is 1. The number of carbonyl (C=O) groups is 2. The molecule has 0 saturated carbocycles. The molecule has 3 rings (SSSR count). The number of Topliss-reactive ketones (excluding diaryl/α,β-unsaturated/α-hetero) is 1. The van der Waals surface area contributed by atoms with Gasteiger partial charge in [-0.1, -0.05) is 24.3 Å². The molecular weight excluding hydrogens is 378 g/mol. The lowest BCUT2D eigenvalue weighted by Crippen LogP contribution is -2.40. The molecule has 7 heteroatoms. The first-order valence-electron chi connectivity index (χ1n) is 9.33. The van der Waals surface area contributed by atoms with E-state index in [2.05, 4.69) is 4.74 Å². The van der Waals surface area contributed by atoms with Gasteiger partial charge in [0, 0.05) is 25.4 Å². The van der Waals surface area contributed by atoms with E-state index in [-0.39, 0.29) is 29.8 Å². The topological polar surface area (TPSA) is 70.4 Å². The van der Waals surface area contributed by atoms with Crippen molar-refractivity contribution in [1.82, 2.24) is 4.90 Å². The largest absolute Gasteiger partial charge is 0.435 e. The fourth-order valence-electron chi connectivity index (χ4n) is 3.48. The molecule has 0 bridgehead atoms. The van der Waals surface area contributed by atoms with Gasteiger partial charge >= 0.3 is 6.61 Å². The highest BCUT2D eigenvalue weighted by atomic mass is 19.3. The summed E-state index contributed by atoms with van der Waals surface area (Å²) >= 11 is 0. The van der Waals surface area contributed by atoms with Crippen LogP contribution in [-0.4, -0.2) is 36.3 Å². The average molecular weight is 398 g/mol. The van der Waals surface area contributed by atoms with Crippen LogP contribution in [0.3, 0.4) is 0 Å². The van der Waals surface area contributed by atoms with Gasteiger partial charge in [-0.25, -0.2) is 0 Å². The SMILES string of the molecule is N#Cc1ccccc1C(=O)N1CCC(C(=O)Cc2ccc(OC(F)F)cc2)CC1. The third-order valence-electron chi connectivity index (χ3n) is 5.04. The molecule has 2 aromatic carbocycles. The Balaban J connectivity index is 1.54. The Morgan fingerprint density at radius 2 is 1.76 bits per heavy atom. The van der Waals surface area contributed by atoms with Gasteiger partial charge in [0.2, 0.25) is 0 Å². The Morgan fingerprint density at radius 1 is 1.10 bits per heavy atom. The third kappa shape index (κ3) is 5.17. The highest BCUT2D eigenvalue weighted by Gasteiger charge is 2.28. The monoisotopic (exact) mass is 398 g/mol. The zero-order chi connectivity index (χ0) is 20.8. The van der Waals surface area contributed by atoms with Gasteiger partial charge in [-0.15, -0.1) is 0 Å². The van der Waals surface area contributed by atoms with Gasteiger partial charge in [0.15, 0.2) is 0 Å². The van der Waals surface area contributed by atoms with E-state index in [1.54, 1.807) is 41.3 Å². The summed E-state index contributed by atoms with van der Waals surface area (Å²) in [6, 6.07) is 14.8. The fraction of sp³-hybridized carbons (Fsp3) is 0.318. The molecule has 5 nitrogen and oxygen atoms in total. The molecule has 0 aromatic heterocycles. The maximum Gasteiger partial charge on any atom is 0.387 e. The maximum absolute atomic E-state index is 12.7. The van der Waals surface area contributed by atoms with Crippen molar-refractivity contribution in [2.75, 3.05) is 13.1 Å². The second-order valence-electron chi connectivity index (χ2n) is 6.89. The Morgan fingerprint density at radius 3 is 2.38 bits per heavy atom. The number of likely N-dealkylation sites (tertiary alicyclic amines) is 1. The highest BCUT2D eigenvalue weighted by molar-refractivity contribution is 5.96. The minimum absolute atomic E-state index is 0.0562. The van der Waals surface area contributed by atoms with Crippen molar-refractivity contribution in [2.45, 2.75) is 25.9 Å². The molecule has 1 saturated heterocycles. The van der Waals surface area contributed by atoms with E-state index < -0.39 is 6.61 Å². The van der Waals surface area contributed by atoms with E-state index in [4.69, 9.17) is 0 Å². The first-order chi connectivity index (χ1) is 14.0. The minimum Gasteiger partial charge on any atom is -0.435 e. The molecular formula is C22H20F2N2O3. The predicted octanol–water partition coefficient (Wildman–Crippen LogP) is 3.82. The van der Waals surface area contributed by atoms with Crippen molar-refractivity contribution < 1.29 is 23.1 Å². The number of amides is 1. The summed E-state index contributed by atoms with van der Waals surface area (Å²) in [5.74, 6) is -0.220. The normalized spacial score (nSPS) is 14.5. The molecule has 1 amide bonds. The number of halogens is 2. The number of ether oxygens (including phenoxy) is 1. The highest BCUT2D eigenvalue weighted by Crippen LogP contribution is 2.23. The second kappa shape index (κ2) is 9.28. The number of piperidine rings is 1. The molecule has 1 aliphatic heterocycles. The van der Waals surface area contributed by atoms with Crippen LogP contribution in [0, 0.1) is 17.2 Å². The number of carbonyl (C=O) groups excluding carboxylic acids is 2. The lowest BCUT2D eigenvalue weighted by molar-refractivity contribution is -0.123. The summed E-state index contributed by atoms with van der Waals surface area (Å²) in [4.78, 5) is 26.9. The van der Waals surface area contributed by atoms with Crippen molar-refractivity contribution in [3.8, 4) is 11.8 Å². The standard InChI is InChI=1S/C22H20F2N2O3/c23-22(24)29-18-7-5-15(6-8-18)13-20(27)16-9-11-26(12-10-16)21(28)19-4-2-1-3-17(19)14-25/h1-8,16,22H,9-13H2. The van der Waals surface area contributed by atoms with Crippen LogP contribution in [0.25, 0.3) is 0 Å². The fourth-order valence-corrected chi connectivity index (χ4v) is 3.48. The lowest BCUT2D eigenvalue weighted by Gasteiger charge is -2.31. The van der Waals surface area contributed by atoms with Crippen molar-refractivity contribution in [3.05, 3.63) is 65.2 Å². The number of rotatable bonds is 6. The van der Waals surface area contributed by atoms with Crippen molar-refractivity contribution in [2.24, 2.45) is 5.92 Å². The van der Waals surface area contributed by atoms with E-state index in [0.29, 0.717) is 37.1 Å². The summed E-state index contributed by atoms with van der Waals surface area (Å²) in [5.41, 5.74) is 1.46. The van der Waals surface area contributed by atoms with E-state index in [1.165, 1.54) is 12.1 Å². The predicted molar refractivity (Wildman–Crippen MR) is 102 cm³/mol. The van der Waals surface area contributed by atoms with Gasteiger partial charge in [0.1, 0.15) is 11.5 Å². The second-order valence-corrected chi connectivity index (χ2v) is 6.89. The summed E-state index contributed by atoms with van der Waals surface area (Å²) < 4.78 is 28.7. The number of hydrogen-bond acceptors (Lipinski definition) is 4. The molecule has 0 spiro atoms. The smallest absolute Gasteiger partial charge is 0.387 e. The van der Waals surface area contributed by atoms with E-state index in [1.807, 2.05) is 6.07 Å². The minimum atomic E-state index is -2.88. The van der Waals surface area contributed by atoms with E-state index >= 15 is 0 Å². The molecule has 150 valence electrons. The van der Waals surface area contributed by atoms with E-state index in [0.717, 1.165) is 5.56 Å². The molecule has 0 atom stereocenters. The van der Waals surface area contributed by atoms with Gasteiger partial charge in [-0.3, -0.25) is 9.59 Å². The van der Waals surface area contributed by atoms with Crippen LogP contribution in [0.2, 0.25) is 0 Å². The summed E-state index contributed by atoms with van der Waals surface area (Å²) in [5, 5.41) is 9.17. The van der Waals surface area contributed by atoms with Crippen LogP contribution in [0.5, 0.6) is 5.75 Å². The molecule has 0 unspecified atom stereocenters. The summed E-state index contributed by atoms with van der Waals surface area (Å²) in [7, 11) is 0. The molecule has 0 aliphatic carbocycles. The Kier molecular flexibility index (Phi) is 6.55. The summed E-state index contributed by atoms with van der Waals surface area (Å²) in [6.45, 7) is -1.97. The number of ketones is 1. The van der Waals surface area contributed by atoms with Gasteiger partial charge in [-0.2, -0.15) is 14.0 Å². The third-order valence-corrected chi connectivity index (χ3v) is 5.04. The Hall–Kier alpha value is -3.27. The number of hydrogen-bond donors (Lipinski definition) is 0. The first kappa shape index (κ1) is 20.5. The van der Waals surface area contributed by atoms with Gasteiger partial charge in [0.05, 0.1) is 17.2 Å². The molecule has 29 heavy (non-hydrogen) atoms. The van der Waals surface area contributed by atoms with Crippen LogP contribution in [-0.2, 0) is 11.2 Å². The molecule has 1 heterocycles. The van der Waals surface area contributed by atoms with Crippen LogP contribution in [0.1, 0.15) is 34.3 Å². The number of benzene rings is 2. The molecule has 1 fully saturated rings. The maximum atomic E-state index is 12.7. The lowest BCUT2D eigenvalue weighted by atomic mass is 9.89. The zero-order valence-electron chi connectivity index (χ0n) is 15.7. The molecule has 2 aromatic rings. The Bertz CT molecular complexity index is 914. The first-order valence-corrected chi connectivity index (χ1v) is 9.33. The van der Waals surface area contributed by atoms with E-state index in [9.17, 15) is 23.6 Å². The van der Waals surface area contributed by atoms with Crippen LogP contribution in [0.4, 0.5) is 8.78 Å². The molecule has 0 N–H and O–H groups in total. The van der Waals surface area contributed by atoms with Gasteiger partial charge < -0.3 is 9.64 Å². The zero-order valence-corrected chi connectivity index (χ0v) is 15.7. The van der Waals surface area contributed by atoms with Gasteiger partial charge in [0.25, 0.3) is 5.91 Å². The summed E-state index contributed by atoms with van der Waals surface area (Å²) in [6.07, 6.45) is 1.34.